The quantitative estimate of drug-likeness (QED) is 0.726. The molecule has 6 heteroatoms. The Balaban J connectivity index is 1.86. The van der Waals surface area contributed by atoms with Crippen molar-refractivity contribution in [2.24, 2.45) is 5.41 Å². The summed E-state index contributed by atoms with van der Waals surface area (Å²) in [5.41, 5.74) is 0.855. The number of sulfonamides is 1. The standard InChI is InChI=1S/C20H32N2O3S/c1-19(2,3)14-20(4,5)21-18(23)13-8-15-6-11-17(12-7-15)26(24,25)22-16-9-10-16/h6-7,11-12,16,22H,8-10,13-14H2,1-5H3,(H,21,23). The highest BCUT2D eigenvalue weighted by atomic mass is 32.2. The maximum Gasteiger partial charge on any atom is 0.240 e. The van der Waals surface area contributed by atoms with Crippen LogP contribution in [0.4, 0.5) is 0 Å². The van der Waals surface area contributed by atoms with E-state index in [2.05, 4.69) is 30.8 Å². The SMILES string of the molecule is CC(C)(C)CC(C)(C)NC(=O)CCc1ccc(S(=O)(=O)NC2CC2)cc1. The topological polar surface area (TPSA) is 75.3 Å². The molecule has 1 amide bonds. The van der Waals surface area contributed by atoms with Crippen LogP contribution in [-0.4, -0.2) is 25.9 Å². The van der Waals surface area contributed by atoms with Gasteiger partial charge in [0.25, 0.3) is 0 Å². The van der Waals surface area contributed by atoms with E-state index < -0.39 is 10.0 Å². The highest BCUT2D eigenvalue weighted by Crippen LogP contribution is 2.27. The molecule has 5 nitrogen and oxygen atoms in total. The smallest absolute Gasteiger partial charge is 0.240 e. The van der Waals surface area contributed by atoms with Crippen LogP contribution in [0.15, 0.2) is 29.2 Å². The number of nitrogens with one attached hydrogen (secondary N) is 2. The van der Waals surface area contributed by atoms with E-state index in [0.29, 0.717) is 12.8 Å². The van der Waals surface area contributed by atoms with Gasteiger partial charge in [0.05, 0.1) is 4.90 Å². The number of aryl methyl sites for hydroxylation is 1. The minimum atomic E-state index is -3.42. The van der Waals surface area contributed by atoms with Gasteiger partial charge in [-0.05, 0) is 62.6 Å². The summed E-state index contributed by atoms with van der Waals surface area (Å²) in [5, 5.41) is 3.10. The van der Waals surface area contributed by atoms with Crippen LogP contribution >= 0.6 is 0 Å². The van der Waals surface area contributed by atoms with Gasteiger partial charge in [-0.2, -0.15) is 0 Å². The number of hydrogen-bond acceptors (Lipinski definition) is 3. The molecule has 1 aromatic carbocycles. The maximum absolute atomic E-state index is 12.3. The van der Waals surface area contributed by atoms with Gasteiger partial charge in [0.2, 0.25) is 15.9 Å². The fraction of sp³-hybridized carbons (Fsp3) is 0.650. The van der Waals surface area contributed by atoms with Gasteiger partial charge in [0, 0.05) is 18.0 Å². The Morgan fingerprint density at radius 3 is 2.15 bits per heavy atom. The van der Waals surface area contributed by atoms with Gasteiger partial charge in [-0.25, -0.2) is 13.1 Å². The van der Waals surface area contributed by atoms with E-state index in [1.165, 1.54) is 0 Å². The van der Waals surface area contributed by atoms with E-state index in [4.69, 9.17) is 0 Å². The van der Waals surface area contributed by atoms with Crippen LogP contribution in [0.25, 0.3) is 0 Å². The van der Waals surface area contributed by atoms with E-state index in [1.807, 2.05) is 13.8 Å². The Hall–Kier alpha value is -1.40. The Bertz CT molecular complexity index is 727. The first-order valence-electron chi connectivity index (χ1n) is 9.29. The molecule has 146 valence electrons. The minimum absolute atomic E-state index is 0.0198. The molecule has 0 radical (unpaired) electrons. The zero-order valence-corrected chi connectivity index (χ0v) is 17.4. The van der Waals surface area contributed by atoms with Gasteiger partial charge in [0.1, 0.15) is 0 Å². The predicted molar refractivity (Wildman–Crippen MR) is 104 cm³/mol. The van der Waals surface area contributed by atoms with Crippen LogP contribution in [0.3, 0.4) is 0 Å². The molecule has 1 aliphatic carbocycles. The molecular formula is C20H32N2O3S. The Kier molecular flexibility index (Phi) is 6.18. The lowest BCUT2D eigenvalue weighted by Gasteiger charge is -2.33. The third kappa shape index (κ3) is 7.08. The van der Waals surface area contributed by atoms with Crippen LogP contribution in [-0.2, 0) is 21.2 Å². The average molecular weight is 381 g/mol. The van der Waals surface area contributed by atoms with E-state index in [1.54, 1.807) is 24.3 Å². The van der Waals surface area contributed by atoms with Crippen molar-refractivity contribution in [2.45, 2.75) is 83.2 Å². The lowest BCUT2D eigenvalue weighted by Crippen LogP contribution is -2.45. The highest BCUT2D eigenvalue weighted by Gasteiger charge is 2.28. The number of benzene rings is 1. The molecule has 0 aliphatic heterocycles. The molecule has 1 fully saturated rings. The van der Waals surface area contributed by atoms with Gasteiger partial charge >= 0.3 is 0 Å². The maximum atomic E-state index is 12.3. The van der Waals surface area contributed by atoms with Gasteiger partial charge in [0.15, 0.2) is 0 Å². The monoisotopic (exact) mass is 380 g/mol. The lowest BCUT2D eigenvalue weighted by molar-refractivity contribution is -0.122. The van der Waals surface area contributed by atoms with E-state index in [-0.39, 0.29) is 27.8 Å². The van der Waals surface area contributed by atoms with Crippen molar-refractivity contribution in [1.29, 1.82) is 0 Å². The molecule has 0 heterocycles. The highest BCUT2D eigenvalue weighted by molar-refractivity contribution is 7.89. The van der Waals surface area contributed by atoms with E-state index >= 15 is 0 Å². The van der Waals surface area contributed by atoms with Gasteiger partial charge in [-0.15, -0.1) is 0 Å². The van der Waals surface area contributed by atoms with Gasteiger partial charge < -0.3 is 5.32 Å². The third-order valence-corrected chi connectivity index (χ3v) is 5.76. The van der Waals surface area contributed by atoms with Gasteiger partial charge in [-0.1, -0.05) is 32.9 Å². The average Bonchev–Trinajstić information content (AvgIpc) is 3.25. The summed E-state index contributed by atoms with van der Waals surface area (Å²) in [7, 11) is -3.42. The Morgan fingerprint density at radius 2 is 1.65 bits per heavy atom. The van der Waals surface area contributed by atoms with E-state index in [9.17, 15) is 13.2 Å². The second-order valence-electron chi connectivity index (χ2n) is 9.21. The van der Waals surface area contributed by atoms with Crippen LogP contribution in [0.5, 0.6) is 0 Å². The number of amides is 1. The summed E-state index contributed by atoms with van der Waals surface area (Å²) in [6.45, 7) is 10.6. The van der Waals surface area contributed by atoms with Crippen molar-refractivity contribution in [3.05, 3.63) is 29.8 Å². The predicted octanol–water partition coefficient (Wildman–Crippen LogP) is 3.39. The van der Waals surface area contributed by atoms with Gasteiger partial charge in [-0.3, -0.25) is 4.79 Å². The fourth-order valence-corrected chi connectivity index (χ4v) is 4.70. The molecule has 0 saturated heterocycles. The molecule has 1 aromatic rings. The molecule has 2 rings (SSSR count). The van der Waals surface area contributed by atoms with Crippen LogP contribution < -0.4 is 10.0 Å². The largest absolute Gasteiger partial charge is 0.351 e. The van der Waals surface area contributed by atoms with E-state index in [0.717, 1.165) is 24.8 Å². The molecule has 26 heavy (non-hydrogen) atoms. The summed E-state index contributed by atoms with van der Waals surface area (Å²) < 4.78 is 27.0. The summed E-state index contributed by atoms with van der Waals surface area (Å²) in [4.78, 5) is 12.5. The normalized spacial score (nSPS) is 15.7. The Morgan fingerprint density at radius 1 is 1.08 bits per heavy atom. The van der Waals surface area contributed by atoms with Crippen molar-refractivity contribution >= 4 is 15.9 Å². The van der Waals surface area contributed by atoms with Crippen molar-refractivity contribution in [3.8, 4) is 0 Å². The first-order valence-corrected chi connectivity index (χ1v) is 10.8. The molecule has 0 bridgehead atoms. The van der Waals surface area contributed by atoms with Crippen LogP contribution in [0, 0.1) is 5.41 Å². The first kappa shape index (κ1) is 20.9. The second-order valence-corrected chi connectivity index (χ2v) is 10.9. The molecule has 1 saturated carbocycles. The number of hydrogen-bond donors (Lipinski definition) is 2. The minimum Gasteiger partial charge on any atom is -0.351 e. The number of carbonyl (C=O) groups is 1. The zero-order chi connectivity index (χ0) is 19.6. The fourth-order valence-electron chi connectivity index (χ4n) is 3.39. The summed E-state index contributed by atoms with van der Waals surface area (Å²) in [6.07, 6.45) is 3.70. The molecular weight excluding hydrogens is 348 g/mol. The summed E-state index contributed by atoms with van der Waals surface area (Å²) in [5.74, 6) is 0.0198. The number of carbonyl (C=O) groups excluding carboxylic acids is 1. The number of rotatable bonds is 8. The Labute approximate surface area is 158 Å². The van der Waals surface area contributed by atoms with Crippen LogP contribution in [0.1, 0.15) is 65.9 Å². The van der Waals surface area contributed by atoms with Crippen molar-refractivity contribution in [3.63, 3.8) is 0 Å². The molecule has 2 N–H and O–H groups in total. The summed E-state index contributed by atoms with van der Waals surface area (Å²) in [6, 6.07) is 6.90. The lowest BCUT2D eigenvalue weighted by atomic mass is 9.81. The molecule has 1 aliphatic rings. The summed E-state index contributed by atoms with van der Waals surface area (Å²) >= 11 is 0. The third-order valence-electron chi connectivity index (χ3n) is 4.22. The molecule has 0 unspecified atom stereocenters. The zero-order valence-electron chi connectivity index (χ0n) is 16.6. The molecule has 0 aromatic heterocycles. The van der Waals surface area contributed by atoms with Crippen molar-refractivity contribution in [1.82, 2.24) is 10.0 Å². The van der Waals surface area contributed by atoms with Crippen molar-refractivity contribution in [2.75, 3.05) is 0 Å². The molecule has 0 spiro atoms. The molecule has 0 atom stereocenters. The first-order chi connectivity index (χ1) is 11.9. The second kappa shape index (κ2) is 7.69. The van der Waals surface area contributed by atoms with Crippen molar-refractivity contribution < 1.29 is 13.2 Å². The van der Waals surface area contributed by atoms with Crippen LogP contribution in [0.2, 0.25) is 0 Å².